The van der Waals surface area contributed by atoms with E-state index in [2.05, 4.69) is 4.89 Å². The molecule has 0 saturated carbocycles. The lowest BCUT2D eigenvalue weighted by molar-refractivity contribution is -0.241. The first-order valence-electron chi connectivity index (χ1n) is 7.14. The number of rotatable bonds is 9. The summed E-state index contributed by atoms with van der Waals surface area (Å²) in [6, 6.07) is 0. The van der Waals surface area contributed by atoms with Gasteiger partial charge in [0.25, 0.3) is 5.76 Å². The van der Waals surface area contributed by atoms with Crippen molar-refractivity contribution in [1.82, 2.24) is 0 Å². The van der Waals surface area contributed by atoms with Crippen molar-refractivity contribution in [1.29, 1.82) is 0 Å². The summed E-state index contributed by atoms with van der Waals surface area (Å²) in [5, 5.41) is 28.4. The molecule has 0 radical (unpaired) electrons. The summed E-state index contributed by atoms with van der Waals surface area (Å²) in [5.74, 6) is -1.33. The van der Waals surface area contributed by atoms with Gasteiger partial charge in [-0.3, -0.25) is 0 Å². The lowest BCUT2D eigenvalue weighted by Gasteiger charge is -2.33. The summed E-state index contributed by atoms with van der Waals surface area (Å²) in [4.78, 5) is 16.3. The van der Waals surface area contributed by atoms with Crippen LogP contribution in [-0.4, -0.2) is 46.4 Å². The molecule has 0 unspecified atom stereocenters. The van der Waals surface area contributed by atoms with Crippen molar-refractivity contribution < 1.29 is 34.6 Å². The highest BCUT2D eigenvalue weighted by Crippen LogP contribution is 2.41. The maximum Gasteiger partial charge on any atom is 0.378 e. The first-order valence-corrected chi connectivity index (χ1v) is 7.14. The van der Waals surface area contributed by atoms with Gasteiger partial charge in [-0.25, -0.2) is 10.1 Å². The van der Waals surface area contributed by atoms with Crippen molar-refractivity contribution in [2.45, 2.75) is 51.7 Å². The van der Waals surface area contributed by atoms with Gasteiger partial charge in [0.05, 0.1) is 13.2 Å². The van der Waals surface area contributed by atoms with Crippen LogP contribution in [0.5, 0.6) is 0 Å². The monoisotopic (exact) mass is 304 g/mol. The van der Waals surface area contributed by atoms with Gasteiger partial charge in [-0.05, 0) is 18.8 Å². The average Bonchev–Trinajstić information content (AvgIpc) is 2.70. The van der Waals surface area contributed by atoms with Gasteiger partial charge in [-0.15, -0.1) is 0 Å². The first kappa shape index (κ1) is 17.7. The summed E-state index contributed by atoms with van der Waals surface area (Å²) in [6.07, 6.45) is 0.346. The van der Waals surface area contributed by atoms with Crippen LogP contribution in [0.4, 0.5) is 0 Å². The highest BCUT2D eigenvalue weighted by Gasteiger charge is 2.56. The fraction of sp³-hybridized carbons (Fsp3) is 0.786. The van der Waals surface area contributed by atoms with Gasteiger partial charge < -0.3 is 24.6 Å². The van der Waals surface area contributed by atoms with Crippen molar-refractivity contribution in [3.63, 3.8) is 0 Å². The molecule has 0 aromatic carbocycles. The summed E-state index contributed by atoms with van der Waals surface area (Å²) in [7, 11) is 0. The molecule has 0 saturated heterocycles. The smallest absolute Gasteiger partial charge is 0.378 e. The molecule has 7 nitrogen and oxygen atoms in total. The fourth-order valence-corrected chi connectivity index (χ4v) is 2.35. The number of hydrogen-bond acceptors (Lipinski definition) is 7. The molecule has 2 atom stereocenters. The minimum absolute atomic E-state index is 0.0131. The zero-order valence-corrected chi connectivity index (χ0v) is 12.7. The van der Waals surface area contributed by atoms with Crippen LogP contribution < -0.4 is 0 Å². The van der Waals surface area contributed by atoms with Crippen LogP contribution in [0.15, 0.2) is 11.5 Å². The van der Waals surface area contributed by atoms with Crippen molar-refractivity contribution in [3.8, 4) is 0 Å². The van der Waals surface area contributed by atoms with Gasteiger partial charge in [0.2, 0.25) is 11.4 Å². The topological polar surface area (TPSA) is 105 Å². The van der Waals surface area contributed by atoms with Crippen molar-refractivity contribution in [2.24, 2.45) is 5.92 Å². The van der Waals surface area contributed by atoms with E-state index in [1.807, 2.05) is 20.8 Å². The minimum atomic E-state index is -1.63. The van der Waals surface area contributed by atoms with Crippen molar-refractivity contribution in [3.05, 3.63) is 11.5 Å². The molecule has 1 aliphatic heterocycles. The molecule has 122 valence electrons. The van der Waals surface area contributed by atoms with Gasteiger partial charge in [0.1, 0.15) is 6.10 Å². The number of carbonyl (C=O) groups excluding carboxylic acids is 1. The lowest BCUT2D eigenvalue weighted by Crippen LogP contribution is -2.48. The number of aliphatic hydroxyl groups excluding tert-OH is 2. The summed E-state index contributed by atoms with van der Waals surface area (Å²) in [5.41, 5.74) is -1.63. The van der Waals surface area contributed by atoms with Crippen LogP contribution in [-0.2, 0) is 19.2 Å². The van der Waals surface area contributed by atoms with E-state index in [0.717, 1.165) is 12.8 Å². The van der Waals surface area contributed by atoms with Crippen LogP contribution >= 0.6 is 0 Å². The lowest BCUT2D eigenvalue weighted by atomic mass is 9.86. The molecule has 0 aromatic heterocycles. The third-order valence-electron chi connectivity index (χ3n) is 3.31. The van der Waals surface area contributed by atoms with E-state index in [-0.39, 0.29) is 30.5 Å². The number of carbonyl (C=O) groups is 1. The van der Waals surface area contributed by atoms with E-state index >= 15 is 0 Å². The molecule has 21 heavy (non-hydrogen) atoms. The third-order valence-corrected chi connectivity index (χ3v) is 3.31. The molecular formula is C14H24O7. The summed E-state index contributed by atoms with van der Waals surface area (Å²) >= 11 is 0. The van der Waals surface area contributed by atoms with E-state index < -0.39 is 24.3 Å². The molecular weight excluding hydrogens is 280 g/mol. The zero-order chi connectivity index (χ0) is 16.0. The molecule has 1 rings (SSSR count). The maximum atomic E-state index is 12.0. The number of ether oxygens (including phenoxy) is 2. The van der Waals surface area contributed by atoms with Gasteiger partial charge in [-0.2, -0.15) is 0 Å². The third kappa shape index (κ3) is 3.66. The number of aliphatic hydroxyl groups is 2. The van der Waals surface area contributed by atoms with Crippen LogP contribution in [0, 0.1) is 5.92 Å². The van der Waals surface area contributed by atoms with Crippen LogP contribution in [0.1, 0.15) is 40.0 Å². The van der Waals surface area contributed by atoms with E-state index in [9.17, 15) is 15.0 Å². The quantitative estimate of drug-likeness (QED) is 0.254. The Morgan fingerprint density at radius 1 is 1.38 bits per heavy atom. The second-order valence-corrected chi connectivity index (χ2v) is 5.53. The predicted molar refractivity (Wildman–Crippen MR) is 73.0 cm³/mol. The molecule has 0 bridgehead atoms. The maximum absolute atomic E-state index is 12.0. The molecule has 0 aromatic rings. The molecule has 1 heterocycles. The van der Waals surface area contributed by atoms with E-state index in [0.29, 0.717) is 0 Å². The van der Waals surface area contributed by atoms with E-state index in [1.165, 1.54) is 0 Å². The van der Waals surface area contributed by atoms with Gasteiger partial charge in [0, 0.05) is 0 Å². The predicted octanol–water partition coefficient (Wildman–Crippen LogP) is 1.20. The molecule has 1 aliphatic rings. The molecule has 3 N–H and O–H groups in total. The first-order chi connectivity index (χ1) is 9.92. The standard InChI is InChI=1S/C14H24O7/c1-4-5-6-19-11-12(21-18)14(7-9(2)3,10(16)8-15)20-13(11)17/h9-10,15-16,18H,4-8H2,1-3H3/t10-,14+/m0/s1. The summed E-state index contributed by atoms with van der Waals surface area (Å²) in [6.45, 7) is 5.29. The van der Waals surface area contributed by atoms with Gasteiger partial charge in [-0.1, -0.05) is 27.2 Å². The highest BCUT2D eigenvalue weighted by molar-refractivity contribution is 5.90. The normalized spacial score (nSPS) is 23.5. The molecule has 0 aliphatic carbocycles. The largest absolute Gasteiger partial charge is 0.484 e. The molecule has 7 heteroatoms. The Bertz CT molecular complexity index is 391. The average molecular weight is 304 g/mol. The minimum Gasteiger partial charge on any atom is -0.484 e. The zero-order valence-electron chi connectivity index (χ0n) is 12.7. The second-order valence-electron chi connectivity index (χ2n) is 5.53. The SMILES string of the molecule is CCCCOC1=C(OO)[C@@](CC(C)C)([C@@H](O)CO)OC1=O. The second kappa shape index (κ2) is 7.63. The van der Waals surface area contributed by atoms with Crippen molar-refractivity contribution >= 4 is 5.97 Å². The Balaban J connectivity index is 3.15. The number of cyclic esters (lactones) is 1. The van der Waals surface area contributed by atoms with E-state index in [1.54, 1.807) is 0 Å². The van der Waals surface area contributed by atoms with Crippen LogP contribution in [0.2, 0.25) is 0 Å². The molecule has 0 fully saturated rings. The summed E-state index contributed by atoms with van der Waals surface area (Å²) < 4.78 is 10.5. The Morgan fingerprint density at radius 2 is 2.05 bits per heavy atom. The van der Waals surface area contributed by atoms with E-state index in [4.69, 9.17) is 14.7 Å². The Kier molecular flexibility index (Phi) is 6.44. The Labute approximate surface area is 124 Å². The van der Waals surface area contributed by atoms with Crippen LogP contribution in [0.25, 0.3) is 0 Å². The van der Waals surface area contributed by atoms with Gasteiger partial charge in [0.15, 0.2) is 0 Å². The highest BCUT2D eigenvalue weighted by atomic mass is 17.1. The molecule has 0 amide bonds. The van der Waals surface area contributed by atoms with Crippen LogP contribution in [0.3, 0.4) is 0 Å². The number of unbranched alkanes of at least 4 members (excludes halogenated alkanes) is 1. The number of hydrogen-bond donors (Lipinski definition) is 3. The Morgan fingerprint density at radius 3 is 2.52 bits per heavy atom. The number of esters is 1. The molecule has 0 spiro atoms. The van der Waals surface area contributed by atoms with Crippen molar-refractivity contribution in [2.75, 3.05) is 13.2 Å². The van der Waals surface area contributed by atoms with Gasteiger partial charge >= 0.3 is 5.97 Å². The fourth-order valence-electron chi connectivity index (χ4n) is 2.35. The Hall–Kier alpha value is -1.31.